The minimum absolute atomic E-state index is 0.130. The summed E-state index contributed by atoms with van der Waals surface area (Å²) in [6, 6.07) is 10.7. The van der Waals surface area contributed by atoms with E-state index in [0.29, 0.717) is 17.7 Å². The molecule has 106 valence electrons. The van der Waals surface area contributed by atoms with Crippen molar-refractivity contribution in [3.05, 3.63) is 59.2 Å². The van der Waals surface area contributed by atoms with Crippen LogP contribution in [0.25, 0.3) is 0 Å². The first-order valence-electron chi connectivity index (χ1n) is 5.99. The van der Waals surface area contributed by atoms with E-state index in [1.165, 1.54) is 6.07 Å². The lowest BCUT2D eigenvalue weighted by atomic mass is 10.0. The molecule has 2 aromatic rings. The number of anilines is 1. The Morgan fingerprint density at radius 3 is 2.35 bits per heavy atom. The van der Waals surface area contributed by atoms with Crippen LogP contribution in [0.2, 0.25) is 0 Å². The number of methoxy groups -OCH3 is 1. The van der Waals surface area contributed by atoms with E-state index in [1.807, 2.05) is 18.2 Å². The van der Waals surface area contributed by atoms with E-state index in [4.69, 9.17) is 10.5 Å². The van der Waals surface area contributed by atoms with Crippen molar-refractivity contribution in [2.24, 2.45) is 0 Å². The molecule has 0 saturated heterocycles. The summed E-state index contributed by atoms with van der Waals surface area (Å²) < 4.78 is 42.9. The van der Waals surface area contributed by atoms with Gasteiger partial charge in [-0.1, -0.05) is 24.3 Å². The molecule has 5 heteroatoms. The summed E-state index contributed by atoms with van der Waals surface area (Å²) >= 11 is 0. The van der Waals surface area contributed by atoms with Gasteiger partial charge in [0.25, 0.3) is 0 Å². The molecule has 0 amide bonds. The maximum atomic E-state index is 12.6. The fraction of sp³-hybridized carbons (Fsp3) is 0.200. The quantitative estimate of drug-likeness (QED) is 0.866. The van der Waals surface area contributed by atoms with Gasteiger partial charge < -0.3 is 10.5 Å². The fourth-order valence-electron chi connectivity index (χ4n) is 1.99. The lowest BCUT2D eigenvalue weighted by Crippen LogP contribution is -2.07. The Morgan fingerprint density at radius 1 is 1.05 bits per heavy atom. The summed E-state index contributed by atoms with van der Waals surface area (Å²) in [7, 11) is 1.55. The molecular weight excluding hydrogens is 267 g/mol. The summed E-state index contributed by atoms with van der Waals surface area (Å²) in [5.41, 5.74) is 6.63. The Hall–Kier alpha value is -2.17. The molecule has 0 heterocycles. The van der Waals surface area contributed by atoms with Crippen LogP contribution in [-0.2, 0) is 12.6 Å². The Balaban J connectivity index is 2.31. The molecule has 0 spiro atoms. The molecule has 0 unspecified atom stereocenters. The minimum Gasteiger partial charge on any atom is -0.496 e. The SMILES string of the molecule is COc1ccccc1Cc1ccc(C(F)(F)F)cc1N. The second-order valence-corrected chi connectivity index (χ2v) is 4.40. The summed E-state index contributed by atoms with van der Waals surface area (Å²) in [5.74, 6) is 0.687. The smallest absolute Gasteiger partial charge is 0.416 e. The average molecular weight is 281 g/mol. The number of ether oxygens (including phenoxy) is 1. The first-order chi connectivity index (χ1) is 9.41. The van der Waals surface area contributed by atoms with Crippen molar-refractivity contribution < 1.29 is 17.9 Å². The molecule has 0 aliphatic heterocycles. The molecule has 0 atom stereocenters. The van der Waals surface area contributed by atoms with Crippen molar-refractivity contribution in [2.45, 2.75) is 12.6 Å². The van der Waals surface area contributed by atoms with Crippen LogP contribution < -0.4 is 10.5 Å². The summed E-state index contributed by atoms with van der Waals surface area (Å²) in [6.07, 6.45) is -3.95. The molecule has 0 aliphatic rings. The number of nitrogens with two attached hydrogens (primary N) is 1. The monoisotopic (exact) mass is 281 g/mol. The van der Waals surface area contributed by atoms with Crippen molar-refractivity contribution in [2.75, 3.05) is 12.8 Å². The van der Waals surface area contributed by atoms with E-state index in [9.17, 15) is 13.2 Å². The van der Waals surface area contributed by atoms with Crippen LogP contribution in [0.15, 0.2) is 42.5 Å². The summed E-state index contributed by atoms with van der Waals surface area (Å²) in [4.78, 5) is 0. The third-order valence-electron chi connectivity index (χ3n) is 3.05. The highest BCUT2D eigenvalue weighted by Gasteiger charge is 2.30. The number of para-hydroxylation sites is 1. The first-order valence-corrected chi connectivity index (χ1v) is 5.99. The van der Waals surface area contributed by atoms with Crippen molar-refractivity contribution in [1.82, 2.24) is 0 Å². The van der Waals surface area contributed by atoms with Gasteiger partial charge in [-0.3, -0.25) is 0 Å². The molecule has 2 rings (SSSR count). The van der Waals surface area contributed by atoms with Gasteiger partial charge >= 0.3 is 6.18 Å². The Morgan fingerprint density at radius 2 is 1.75 bits per heavy atom. The number of hydrogen-bond acceptors (Lipinski definition) is 2. The number of nitrogen functional groups attached to an aromatic ring is 1. The van der Waals surface area contributed by atoms with Crippen LogP contribution in [0, 0.1) is 0 Å². The van der Waals surface area contributed by atoms with Crippen LogP contribution in [0.5, 0.6) is 5.75 Å². The first kappa shape index (κ1) is 14.2. The Bertz CT molecular complexity index is 608. The topological polar surface area (TPSA) is 35.2 Å². The van der Waals surface area contributed by atoms with E-state index in [2.05, 4.69) is 0 Å². The minimum atomic E-state index is -4.38. The van der Waals surface area contributed by atoms with Gasteiger partial charge in [0.1, 0.15) is 5.75 Å². The number of halogens is 3. The summed E-state index contributed by atoms with van der Waals surface area (Å²) in [6.45, 7) is 0. The molecule has 0 aliphatic carbocycles. The number of rotatable bonds is 3. The predicted molar refractivity (Wildman–Crippen MR) is 71.7 cm³/mol. The molecule has 2 N–H and O–H groups in total. The molecule has 0 fully saturated rings. The molecule has 0 bridgehead atoms. The zero-order valence-electron chi connectivity index (χ0n) is 10.9. The average Bonchev–Trinajstić information content (AvgIpc) is 2.40. The van der Waals surface area contributed by atoms with Crippen molar-refractivity contribution in [3.8, 4) is 5.75 Å². The van der Waals surface area contributed by atoms with Gasteiger partial charge in [-0.15, -0.1) is 0 Å². The highest BCUT2D eigenvalue weighted by molar-refractivity contribution is 5.52. The molecule has 0 radical (unpaired) electrons. The van der Waals surface area contributed by atoms with Gasteiger partial charge in [0.2, 0.25) is 0 Å². The lowest BCUT2D eigenvalue weighted by molar-refractivity contribution is -0.137. The van der Waals surface area contributed by atoms with Gasteiger partial charge in [-0.25, -0.2) is 0 Å². The highest BCUT2D eigenvalue weighted by Crippen LogP contribution is 2.32. The third kappa shape index (κ3) is 3.04. The van der Waals surface area contributed by atoms with Crippen LogP contribution in [0.1, 0.15) is 16.7 Å². The Kier molecular flexibility index (Phi) is 3.88. The van der Waals surface area contributed by atoms with Gasteiger partial charge in [0, 0.05) is 12.1 Å². The molecule has 2 nitrogen and oxygen atoms in total. The molecule has 20 heavy (non-hydrogen) atoms. The zero-order valence-corrected chi connectivity index (χ0v) is 10.9. The van der Waals surface area contributed by atoms with Crippen LogP contribution in [-0.4, -0.2) is 7.11 Å². The predicted octanol–water partition coefficient (Wildman–Crippen LogP) is 3.89. The van der Waals surface area contributed by atoms with E-state index in [1.54, 1.807) is 13.2 Å². The van der Waals surface area contributed by atoms with Gasteiger partial charge in [-0.05, 0) is 29.3 Å². The van der Waals surface area contributed by atoms with Gasteiger partial charge in [0.15, 0.2) is 0 Å². The van der Waals surface area contributed by atoms with Crippen LogP contribution >= 0.6 is 0 Å². The number of benzene rings is 2. The largest absolute Gasteiger partial charge is 0.496 e. The van der Waals surface area contributed by atoms with Gasteiger partial charge in [-0.2, -0.15) is 13.2 Å². The highest BCUT2D eigenvalue weighted by atomic mass is 19.4. The van der Waals surface area contributed by atoms with E-state index in [-0.39, 0.29) is 5.69 Å². The van der Waals surface area contributed by atoms with Crippen LogP contribution in [0.4, 0.5) is 18.9 Å². The molecular formula is C15H14F3NO. The normalized spacial score (nSPS) is 11.4. The molecule has 0 aromatic heterocycles. The number of alkyl halides is 3. The fourth-order valence-corrected chi connectivity index (χ4v) is 1.99. The van der Waals surface area contributed by atoms with E-state index < -0.39 is 11.7 Å². The second kappa shape index (κ2) is 5.45. The Labute approximate surface area is 115 Å². The van der Waals surface area contributed by atoms with Gasteiger partial charge in [0.05, 0.1) is 12.7 Å². The zero-order chi connectivity index (χ0) is 14.8. The van der Waals surface area contributed by atoms with Crippen molar-refractivity contribution in [3.63, 3.8) is 0 Å². The number of hydrogen-bond donors (Lipinski definition) is 1. The van der Waals surface area contributed by atoms with E-state index >= 15 is 0 Å². The van der Waals surface area contributed by atoms with E-state index in [0.717, 1.165) is 17.7 Å². The lowest BCUT2D eigenvalue weighted by Gasteiger charge is -2.12. The second-order valence-electron chi connectivity index (χ2n) is 4.40. The standard InChI is InChI=1S/C15H14F3NO/c1-20-14-5-3-2-4-11(14)8-10-6-7-12(9-13(10)19)15(16,17)18/h2-7,9H,8,19H2,1H3. The third-order valence-corrected chi connectivity index (χ3v) is 3.05. The maximum Gasteiger partial charge on any atom is 0.416 e. The maximum absolute atomic E-state index is 12.6. The molecule has 2 aromatic carbocycles. The summed E-state index contributed by atoms with van der Waals surface area (Å²) in [5, 5.41) is 0. The van der Waals surface area contributed by atoms with Crippen LogP contribution in [0.3, 0.4) is 0 Å². The van der Waals surface area contributed by atoms with Crippen molar-refractivity contribution in [1.29, 1.82) is 0 Å². The van der Waals surface area contributed by atoms with Crippen molar-refractivity contribution >= 4 is 5.69 Å². The molecule has 0 saturated carbocycles.